The molecule has 0 aliphatic carbocycles. The average molecular weight is 190 g/mol. The smallest absolute Gasteiger partial charge is 0.300 e. The van der Waals surface area contributed by atoms with Crippen molar-refractivity contribution >= 4 is 10.1 Å². The number of nitrogens with zero attached hydrogens (tertiary/aromatic N) is 2. The van der Waals surface area contributed by atoms with Crippen molar-refractivity contribution in [1.29, 1.82) is 0 Å². The van der Waals surface area contributed by atoms with Crippen LogP contribution in [-0.2, 0) is 10.1 Å². The predicted octanol–water partition coefficient (Wildman–Crippen LogP) is -0.299. The van der Waals surface area contributed by atoms with E-state index >= 15 is 0 Å². The largest absolute Gasteiger partial charge is 0.473 e. The molecule has 1 rings (SSSR count). The molecule has 0 saturated heterocycles. The SMILES string of the molecule is O=S(=O)(O)COc1ccnnc1. The van der Waals surface area contributed by atoms with Crippen LogP contribution in [0.2, 0.25) is 0 Å². The highest BCUT2D eigenvalue weighted by Crippen LogP contribution is 2.04. The highest BCUT2D eigenvalue weighted by atomic mass is 32.2. The first kappa shape index (κ1) is 8.88. The second-order valence-corrected chi connectivity index (χ2v) is 3.32. The van der Waals surface area contributed by atoms with Crippen LogP contribution in [0.15, 0.2) is 18.5 Å². The zero-order chi connectivity index (χ0) is 9.03. The molecule has 1 N–H and O–H groups in total. The van der Waals surface area contributed by atoms with Crippen LogP contribution in [0.3, 0.4) is 0 Å². The zero-order valence-corrected chi connectivity index (χ0v) is 6.73. The van der Waals surface area contributed by atoms with E-state index in [2.05, 4.69) is 14.9 Å². The summed E-state index contributed by atoms with van der Waals surface area (Å²) in [6.45, 7) is 0. The molecule has 66 valence electrons. The molecule has 6 nitrogen and oxygen atoms in total. The molecule has 0 saturated carbocycles. The fourth-order valence-corrected chi connectivity index (χ4v) is 0.791. The number of rotatable bonds is 3. The maximum atomic E-state index is 10.2. The Bertz CT molecular complexity index is 336. The second kappa shape index (κ2) is 3.46. The van der Waals surface area contributed by atoms with Gasteiger partial charge in [0.05, 0.1) is 12.4 Å². The second-order valence-electron chi connectivity index (χ2n) is 1.92. The Balaban J connectivity index is 2.56. The summed E-state index contributed by atoms with van der Waals surface area (Å²) in [7, 11) is -4.09. The van der Waals surface area contributed by atoms with Gasteiger partial charge in [0.1, 0.15) is 5.75 Å². The molecule has 0 aliphatic heterocycles. The Hall–Kier alpha value is -1.21. The minimum absolute atomic E-state index is 0.239. The molecule has 0 unspecified atom stereocenters. The first-order valence-electron chi connectivity index (χ1n) is 2.92. The van der Waals surface area contributed by atoms with Crippen molar-refractivity contribution in [3.05, 3.63) is 18.5 Å². The van der Waals surface area contributed by atoms with E-state index in [1.54, 1.807) is 0 Å². The summed E-state index contributed by atoms with van der Waals surface area (Å²) in [4.78, 5) is 0. The average Bonchev–Trinajstić information content (AvgIpc) is 2.02. The maximum Gasteiger partial charge on any atom is 0.300 e. The van der Waals surface area contributed by atoms with E-state index in [1.807, 2.05) is 0 Å². The van der Waals surface area contributed by atoms with Crippen molar-refractivity contribution in [2.75, 3.05) is 5.94 Å². The quantitative estimate of drug-likeness (QED) is 0.658. The number of hydrogen-bond acceptors (Lipinski definition) is 5. The zero-order valence-electron chi connectivity index (χ0n) is 5.91. The lowest BCUT2D eigenvalue weighted by Gasteiger charge is -2.00. The van der Waals surface area contributed by atoms with Crippen LogP contribution in [0.5, 0.6) is 5.75 Å². The molecule has 0 spiro atoms. The third-order valence-electron chi connectivity index (χ3n) is 0.932. The van der Waals surface area contributed by atoms with Gasteiger partial charge in [-0.25, -0.2) is 0 Å². The van der Waals surface area contributed by atoms with Crippen LogP contribution >= 0.6 is 0 Å². The summed E-state index contributed by atoms with van der Waals surface area (Å²) in [5, 5.41) is 6.88. The van der Waals surface area contributed by atoms with Gasteiger partial charge in [-0.1, -0.05) is 0 Å². The van der Waals surface area contributed by atoms with E-state index in [0.29, 0.717) is 0 Å². The van der Waals surface area contributed by atoms with Crippen LogP contribution in [-0.4, -0.2) is 29.1 Å². The fraction of sp³-hybridized carbons (Fsp3) is 0.200. The van der Waals surface area contributed by atoms with E-state index < -0.39 is 16.1 Å². The van der Waals surface area contributed by atoms with Crippen molar-refractivity contribution in [1.82, 2.24) is 10.2 Å². The molecule has 0 radical (unpaired) electrons. The van der Waals surface area contributed by atoms with Crippen molar-refractivity contribution in [3.8, 4) is 5.75 Å². The molecule has 0 aliphatic rings. The summed E-state index contributed by atoms with van der Waals surface area (Å²) in [6, 6.07) is 1.43. The van der Waals surface area contributed by atoms with E-state index in [9.17, 15) is 8.42 Å². The standard InChI is InChI=1S/C5H6N2O4S/c8-12(9,10)4-11-5-1-2-6-7-3-5/h1-3H,4H2,(H,8,9,10). The van der Waals surface area contributed by atoms with Gasteiger partial charge in [0.25, 0.3) is 0 Å². The molecule has 0 aromatic carbocycles. The van der Waals surface area contributed by atoms with Crippen LogP contribution in [0, 0.1) is 0 Å². The van der Waals surface area contributed by atoms with E-state index in [-0.39, 0.29) is 5.75 Å². The fourth-order valence-electron chi connectivity index (χ4n) is 0.506. The summed E-state index contributed by atoms with van der Waals surface area (Å²) < 4.78 is 33.3. The van der Waals surface area contributed by atoms with Gasteiger partial charge in [0, 0.05) is 6.07 Å². The Morgan fingerprint density at radius 2 is 2.25 bits per heavy atom. The molecule has 0 bridgehead atoms. The molecule has 1 aromatic heterocycles. The first-order chi connectivity index (χ1) is 5.58. The van der Waals surface area contributed by atoms with Gasteiger partial charge in [-0.3, -0.25) is 4.55 Å². The minimum Gasteiger partial charge on any atom is -0.473 e. The highest BCUT2D eigenvalue weighted by Gasteiger charge is 2.04. The monoisotopic (exact) mass is 190 g/mol. The Kier molecular flexibility index (Phi) is 2.56. The lowest BCUT2D eigenvalue weighted by atomic mass is 10.5. The molecule has 0 atom stereocenters. The lowest BCUT2D eigenvalue weighted by molar-refractivity contribution is 0.351. The molecular weight excluding hydrogens is 184 g/mol. The summed E-state index contributed by atoms with van der Waals surface area (Å²) in [5.74, 6) is -0.541. The molecule has 7 heteroatoms. The molecule has 1 aromatic rings. The third-order valence-corrected chi connectivity index (χ3v) is 1.35. The Morgan fingerprint density at radius 1 is 1.50 bits per heavy atom. The van der Waals surface area contributed by atoms with Gasteiger partial charge in [0.15, 0.2) is 0 Å². The Morgan fingerprint density at radius 3 is 2.75 bits per heavy atom. The summed E-state index contributed by atoms with van der Waals surface area (Å²) >= 11 is 0. The van der Waals surface area contributed by atoms with Crippen molar-refractivity contribution in [3.63, 3.8) is 0 Å². The third kappa shape index (κ3) is 3.26. The molecule has 12 heavy (non-hydrogen) atoms. The normalized spacial score (nSPS) is 11.1. The van der Waals surface area contributed by atoms with Gasteiger partial charge in [-0.2, -0.15) is 18.6 Å². The summed E-state index contributed by atoms with van der Waals surface area (Å²) in [5.41, 5.74) is 0. The molecule has 1 heterocycles. The highest BCUT2D eigenvalue weighted by molar-refractivity contribution is 7.85. The van der Waals surface area contributed by atoms with Crippen molar-refractivity contribution < 1.29 is 17.7 Å². The number of ether oxygens (including phenoxy) is 1. The van der Waals surface area contributed by atoms with Crippen molar-refractivity contribution in [2.24, 2.45) is 0 Å². The minimum atomic E-state index is -4.09. The molecular formula is C5H6N2O4S. The van der Waals surface area contributed by atoms with E-state index in [0.717, 1.165) is 0 Å². The van der Waals surface area contributed by atoms with Gasteiger partial charge >= 0.3 is 10.1 Å². The van der Waals surface area contributed by atoms with Crippen LogP contribution in [0.4, 0.5) is 0 Å². The number of aromatic nitrogens is 2. The molecule has 0 fully saturated rings. The Labute approximate surface area is 68.9 Å². The van der Waals surface area contributed by atoms with Crippen LogP contribution in [0.1, 0.15) is 0 Å². The lowest BCUT2D eigenvalue weighted by Crippen LogP contribution is -2.10. The van der Waals surface area contributed by atoms with Gasteiger partial charge in [0.2, 0.25) is 5.94 Å². The molecule has 0 amide bonds. The van der Waals surface area contributed by atoms with Crippen molar-refractivity contribution in [2.45, 2.75) is 0 Å². The van der Waals surface area contributed by atoms with Gasteiger partial charge < -0.3 is 4.74 Å². The topological polar surface area (TPSA) is 89.4 Å². The predicted molar refractivity (Wildman–Crippen MR) is 39.1 cm³/mol. The van der Waals surface area contributed by atoms with Gasteiger partial charge in [-0.05, 0) is 0 Å². The van der Waals surface area contributed by atoms with Gasteiger partial charge in [-0.15, -0.1) is 0 Å². The summed E-state index contributed by atoms with van der Waals surface area (Å²) in [6.07, 6.45) is 2.59. The van der Waals surface area contributed by atoms with Crippen LogP contribution in [0.25, 0.3) is 0 Å². The first-order valence-corrected chi connectivity index (χ1v) is 4.53. The maximum absolute atomic E-state index is 10.2. The van der Waals surface area contributed by atoms with E-state index in [1.165, 1.54) is 18.5 Å². The number of hydrogen-bond donors (Lipinski definition) is 1. The van der Waals surface area contributed by atoms with E-state index in [4.69, 9.17) is 4.55 Å². The van der Waals surface area contributed by atoms with Crippen LogP contribution < -0.4 is 4.74 Å².